The van der Waals surface area contributed by atoms with E-state index >= 15 is 0 Å². The van der Waals surface area contributed by atoms with Gasteiger partial charge in [-0.3, -0.25) is 24.3 Å². The smallest absolute Gasteiger partial charge is 0.277 e. The van der Waals surface area contributed by atoms with E-state index in [0.29, 0.717) is 10.6 Å². The van der Waals surface area contributed by atoms with Crippen LogP contribution in [0.25, 0.3) is 0 Å². The average molecular weight is 507 g/mol. The van der Waals surface area contributed by atoms with Gasteiger partial charge in [-0.05, 0) is 55.3 Å². The molecule has 0 radical (unpaired) electrons. The molecule has 37 heavy (non-hydrogen) atoms. The first-order valence-corrected chi connectivity index (χ1v) is 11.7. The second kappa shape index (κ2) is 12.7. The summed E-state index contributed by atoms with van der Waals surface area (Å²) in [6.07, 6.45) is 1.04. The minimum Gasteiger partial charge on any atom is -0.380 e. The van der Waals surface area contributed by atoms with Crippen LogP contribution in [0.3, 0.4) is 0 Å². The van der Waals surface area contributed by atoms with E-state index < -0.39 is 23.3 Å². The predicted octanol–water partition coefficient (Wildman–Crippen LogP) is 0.927. The van der Waals surface area contributed by atoms with Gasteiger partial charge in [0.15, 0.2) is 5.54 Å². The first-order chi connectivity index (χ1) is 17.7. The van der Waals surface area contributed by atoms with Gasteiger partial charge in [0.2, 0.25) is 0 Å². The Balaban J connectivity index is 1.64. The first kappa shape index (κ1) is 27.5. The highest BCUT2D eigenvalue weighted by atomic mass is 16.5. The van der Waals surface area contributed by atoms with E-state index in [1.807, 2.05) is 12.1 Å². The third-order valence-electron chi connectivity index (χ3n) is 5.89. The van der Waals surface area contributed by atoms with Gasteiger partial charge in [-0.25, -0.2) is 11.3 Å². The van der Waals surface area contributed by atoms with E-state index in [1.54, 1.807) is 17.6 Å². The van der Waals surface area contributed by atoms with E-state index in [2.05, 4.69) is 39.5 Å². The molecule has 0 saturated carbocycles. The topological polar surface area (TPSA) is 146 Å². The Labute approximate surface area is 215 Å². The second-order valence-corrected chi connectivity index (χ2v) is 8.79. The Morgan fingerprint density at radius 1 is 1.05 bits per heavy atom. The Morgan fingerprint density at radius 2 is 1.68 bits per heavy atom. The number of nitroso groups, excluding NO2 is 1. The van der Waals surface area contributed by atoms with Crippen LogP contribution in [0, 0.1) is 16.7 Å². The van der Waals surface area contributed by atoms with Crippen molar-refractivity contribution in [2.24, 2.45) is 11.1 Å². The van der Waals surface area contributed by atoms with Gasteiger partial charge in [0.1, 0.15) is 0 Å². The Morgan fingerprint density at radius 3 is 2.27 bits per heavy atom. The van der Waals surface area contributed by atoms with Gasteiger partial charge in [0, 0.05) is 50.0 Å². The standard InChI is InChI=1S/C26H30N6O5/c1-26(24(34)29-30-36,25(35)31(2)27)28-23(33)22-12-10-20(11-13-22)5-4-19-6-8-21(9-7-19)18-32-14-3-16-37-17-15-32/h6-13H,3,14-18,27H2,1-2H3,(H,28,33)(H,29,34,36). The molecule has 1 unspecified atom stereocenters. The number of carbonyl (C=O) groups is 3. The molecule has 11 heteroatoms. The lowest BCUT2D eigenvalue weighted by Gasteiger charge is -2.29. The highest BCUT2D eigenvalue weighted by molar-refractivity contribution is 6.13. The molecular weight excluding hydrogens is 476 g/mol. The largest absolute Gasteiger partial charge is 0.380 e. The van der Waals surface area contributed by atoms with Crippen LogP contribution in [-0.2, 0) is 20.9 Å². The average Bonchev–Trinajstić information content (AvgIpc) is 3.16. The van der Waals surface area contributed by atoms with Gasteiger partial charge in [0.05, 0.1) is 11.9 Å². The number of ether oxygens (including phenoxy) is 1. The minimum absolute atomic E-state index is 0.180. The fourth-order valence-electron chi connectivity index (χ4n) is 3.77. The molecule has 3 amide bonds. The fourth-order valence-corrected chi connectivity index (χ4v) is 3.77. The number of hydrogen-bond donors (Lipinski definition) is 3. The van der Waals surface area contributed by atoms with Crippen LogP contribution in [0.2, 0.25) is 0 Å². The van der Waals surface area contributed by atoms with Crippen LogP contribution in [0.15, 0.2) is 53.8 Å². The zero-order valence-electron chi connectivity index (χ0n) is 20.8. The van der Waals surface area contributed by atoms with Gasteiger partial charge in [-0.1, -0.05) is 24.0 Å². The molecule has 0 bridgehead atoms. The van der Waals surface area contributed by atoms with Crippen LogP contribution in [0.1, 0.15) is 40.4 Å². The monoisotopic (exact) mass is 506 g/mol. The molecule has 2 aromatic rings. The number of benzene rings is 2. The molecule has 3 rings (SSSR count). The van der Waals surface area contributed by atoms with Gasteiger partial charge in [-0.2, -0.15) is 0 Å². The molecule has 2 aromatic carbocycles. The molecule has 1 fully saturated rings. The van der Waals surface area contributed by atoms with Crippen LogP contribution in [-0.4, -0.2) is 66.5 Å². The molecule has 0 aliphatic carbocycles. The van der Waals surface area contributed by atoms with E-state index in [9.17, 15) is 19.3 Å². The zero-order valence-corrected chi connectivity index (χ0v) is 20.8. The van der Waals surface area contributed by atoms with Crippen molar-refractivity contribution in [2.75, 3.05) is 33.4 Å². The number of nitrogens with one attached hydrogen (secondary N) is 2. The van der Waals surface area contributed by atoms with E-state index in [1.165, 1.54) is 24.7 Å². The summed E-state index contributed by atoms with van der Waals surface area (Å²) >= 11 is 0. The van der Waals surface area contributed by atoms with Crippen LogP contribution in [0.5, 0.6) is 0 Å². The molecule has 1 atom stereocenters. The number of rotatable bonds is 7. The number of likely N-dealkylation sites (N-methyl/N-ethyl adjacent to an activating group) is 1. The summed E-state index contributed by atoms with van der Waals surface area (Å²) in [5.41, 5.74) is 2.42. The lowest BCUT2D eigenvalue weighted by molar-refractivity contribution is -0.144. The van der Waals surface area contributed by atoms with Crippen LogP contribution < -0.4 is 16.6 Å². The highest BCUT2D eigenvalue weighted by Crippen LogP contribution is 2.12. The van der Waals surface area contributed by atoms with Crippen molar-refractivity contribution < 1.29 is 19.1 Å². The molecule has 1 aliphatic heterocycles. The van der Waals surface area contributed by atoms with Gasteiger partial charge < -0.3 is 10.1 Å². The molecule has 4 N–H and O–H groups in total. The Kier molecular flexibility index (Phi) is 9.45. The molecule has 194 valence electrons. The zero-order chi connectivity index (χ0) is 26.8. The molecule has 1 heterocycles. The predicted molar refractivity (Wildman–Crippen MR) is 136 cm³/mol. The third-order valence-corrected chi connectivity index (χ3v) is 5.89. The van der Waals surface area contributed by atoms with Crippen molar-refractivity contribution in [3.8, 4) is 11.8 Å². The fraction of sp³-hybridized carbons (Fsp3) is 0.346. The second-order valence-electron chi connectivity index (χ2n) is 8.79. The summed E-state index contributed by atoms with van der Waals surface area (Å²) < 4.78 is 5.50. The molecule has 1 aliphatic rings. The van der Waals surface area contributed by atoms with Crippen LogP contribution in [0.4, 0.5) is 0 Å². The first-order valence-electron chi connectivity index (χ1n) is 11.7. The van der Waals surface area contributed by atoms with Crippen molar-refractivity contribution in [3.63, 3.8) is 0 Å². The maximum atomic E-state index is 12.7. The molecule has 11 nitrogen and oxygen atoms in total. The SMILES string of the molecule is CN(N)C(=O)C(C)(NC(=O)c1ccc(C#Cc2ccc(CN3CCCOCC3)cc2)cc1)C(=O)NN=O. The summed E-state index contributed by atoms with van der Waals surface area (Å²) in [5.74, 6) is 8.84. The summed E-state index contributed by atoms with van der Waals surface area (Å²) in [7, 11) is 1.21. The lowest BCUT2D eigenvalue weighted by Crippen LogP contribution is -2.65. The molecule has 0 spiro atoms. The van der Waals surface area contributed by atoms with Crippen LogP contribution >= 0.6 is 0 Å². The lowest BCUT2D eigenvalue weighted by atomic mass is 9.99. The maximum Gasteiger partial charge on any atom is 0.277 e. The van der Waals surface area contributed by atoms with Crippen molar-refractivity contribution in [2.45, 2.75) is 25.4 Å². The van der Waals surface area contributed by atoms with Crippen molar-refractivity contribution in [3.05, 3.63) is 75.7 Å². The molecule has 0 aromatic heterocycles. The van der Waals surface area contributed by atoms with E-state index in [-0.39, 0.29) is 5.56 Å². The number of hydrazine groups is 1. The van der Waals surface area contributed by atoms with Gasteiger partial charge in [0.25, 0.3) is 17.7 Å². The number of carbonyl (C=O) groups excluding carboxylic acids is 3. The van der Waals surface area contributed by atoms with Crippen molar-refractivity contribution >= 4 is 17.7 Å². The van der Waals surface area contributed by atoms with Crippen molar-refractivity contribution in [1.29, 1.82) is 0 Å². The molecule has 1 saturated heterocycles. The normalized spacial score (nSPS) is 15.2. The highest BCUT2D eigenvalue weighted by Gasteiger charge is 2.44. The van der Waals surface area contributed by atoms with E-state index in [4.69, 9.17) is 10.6 Å². The van der Waals surface area contributed by atoms with Gasteiger partial charge in [-0.15, -0.1) is 4.91 Å². The number of amides is 3. The number of nitrogens with zero attached hydrogens (tertiary/aromatic N) is 3. The van der Waals surface area contributed by atoms with E-state index in [0.717, 1.165) is 51.8 Å². The Bertz CT molecular complexity index is 1180. The Hall–Kier alpha value is -4.11. The summed E-state index contributed by atoms with van der Waals surface area (Å²) in [4.78, 5) is 50.2. The quantitative estimate of drug-likeness (QED) is 0.126. The van der Waals surface area contributed by atoms with Crippen molar-refractivity contribution in [1.82, 2.24) is 20.7 Å². The van der Waals surface area contributed by atoms with Gasteiger partial charge >= 0.3 is 0 Å². The summed E-state index contributed by atoms with van der Waals surface area (Å²) in [6.45, 7) is 5.54. The number of nitrogens with two attached hydrogens (primary N) is 1. The summed E-state index contributed by atoms with van der Waals surface area (Å²) in [6, 6.07) is 14.4. The summed E-state index contributed by atoms with van der Waals surface area (Å²) in [5, 5.41) is 5.24. The minimum atomic E-state index is -2.14. The molecular formula is C26H30N6O5. The third kappa shape index (κ3) is 7.44. The maximum absolute atomic E-state index is 12.7. The number of hydrogen-bond acceptors (Lipinski definition) is 8.